The van der Waals surface area contributed by atoms with Crippen LogP contribution in [0.4, 0.5) is 0 Å². The fourth-order valence-electron chi connectivity index (χ4n) is 2.41. The standard InChI is InChI=1S/C25H32O12.C3H4O2/c1-6-19(27)33-14-24(11-26,15-34-20(28)7-2)12-32-13-25(16-35-21(29)8-3,17-36-22(30)9-4)18-37-23(31)10-5;1-2-3(4)5/h6-10,26H,1-5,11-18H2;2H,1H2,(H,4,5). The number of carbonyl (C=O) groups is 6. The van der Waals surface area contributed by atoms with Gasteiger partial charge in [-0.1, -0.05) is 39.5 Å². The SMILES string of the molecule is C=CC(=O)O.C=CC(=O)OCC(CO)(COCC(COC(=O)C=C)(COC(=O)C=C)COC(=O)C=C)COC(=O)C=C. The van der Waals surface area contributed by atoms with Gasteiger partial charge in [-0.3, -0.25) is 0 Å². The molecule has 2 N–H and O–H groups in total. The Balaban J connectivity index is 0. The van der Waals surface area contributed by atoms with Crippen LogP contribution in [0.15, 0.2) is 75.9 Å². The Hall–Kier alpha value is -4.82. The predicted molar refractivity (Wildman–Crippen MR) is 146 cm³/mol. The van der Waals surface area contributed by atoms with E-state index in [0.29, 0.717) is 0 Å². The molecule has 14 heteroatoms. The van der Waals surface area contributed by atoms with Crippen LogP contribution in [0.5, 0.6) is 0 Å². The molecule has 0 aliphatic heterocycles. The van der Waals surface area contributed by atoms with Crippen LogP contribution in [0.25, 0.3) is 0 Å². The van der Waals surface area contributed by atoms with E-state index in [1.165, 1.54) is 0 Å². The van der Waals surface area contributed by atoms with Crippen molar-refractivity contribution < 1.29 is 67.4 Å². The molecular formula is C28H36O14. The summed E-state index contributed by atoms with van der Waals surface area (Å²) < 4.78 is 31.1. The summed E-state index contributed by atoms with van der Waals surface area (Å²) >= 11 is 0. The Bertz CT molecular complexity index is 926. The van der Waals surface area contributed by atoms with E-state index in [-0.39, 0.29) is 13.2 Å². The molecule has 0 amide bonds. The number of ether oxygens (including phenoxy) is 6. The van der Waals surface area contributed by atoms with Gasteiger partial charge < -0.3 is 38.6 Å². The molecule has 0 rings (SSSR count). The first-order valence-electron chi connectivity index (χ1n) is 11.8. The highest BCUT2D eigenvalue weighted by atomic mass is 16.6. The maximum atomic E-state index is 11.7. The summed E-state index contributed by atoms with van der Waals surface area (Å²) in [5.74, 6) is -5.02. The Morgan fingerprint density at radius 2 is 0.714 bits per heavy atom. The molecular weight excluding hydrogens is 560 g/mol. The fourth-order valence-corrected chi connectivity index (χ4v) is 2.41. The minimum absolute atomic E-state index is 0.375. The highest BCUT2D eigenvalue weighted by molar-refractivity contribution is 5.83. The Kier molecular flexibility index (Phi) is 20.5. The molecule has 0 bridgehead atoms. The van der Waals surface area contributed by atoms with Gasteiger partial charge in [-0.25, -0.2) is 28.8 Å². The van der Waals surface area contributed by atoms with Crippen LogP contribution in [-0.4, -0.2) is 98.9 Å². The Labute approximate surface area is 243 Å². The van der Waals surface area contributed by atoms with Gasteiger partial charge in [-0.15, -0.1) is 0 Å². The van der Waals surface area contributed by atoms with Gasteiger partial charge in [0.1, 0.15) is 33.0 Å². The fraction of sp³-hybridized carbons (Fsp3) is 0.357. The third kappa shape index (κ3) is 17.7. The van der Waals surface area contributed by atoms with Gasteiger partial charge in [0.25, 0.3) is 0 Å². The molecule has 0 aromatic heterocycles. The minimum Gasteiger partial charge on any atom is -0.478 e. The molecule has 0 radical (unpaired) electrons. The number of hydrogen-bond acceptors (Lipinski definition) is 13. The van der Waals surface area contributed by atoms with Crippen LogP contribution < -0.4 is 0 Å². The lowest BCUT2D eigenvalue weighted by atomic mass is 9.90. The average molecular weight is 597 g/mol. The van der Waals surface area contributed by atoms with E-state index >= 15 is 0 Å². The van der Waals surface area contributed by atoms with E-state index in [1.54, 1.807) is 0 Å². The van der Waals surface area contributed by atoms with Crippen molar-refractivity contribution in [3.05, 3.63) is 75.9 Å². The lowest BCUT2D eigenvalue weighted by Crippen LogP contribution is -2.46. The number of hydrogen-bond donors (Lipinski definition) is 2. The van der Waals surface area contributed by atoms with Crippen molar-refractivity contribution in [2.45, 2.75) is 0 Å². The summed E-state index contributed by atoms with van der Waals surface area (Å²) in [7, 11) is 0. The van der Waals surface area contributed by atoms with Crippen LogP contribution in [-0.2, 0) is 57.2 Å². The normalized spacial score (nSPS) is 10.2. The Morgan fingerprint density at radius 1 is 0.476 bits per heavy atom. The maximum Gasteiger partial charge on any atom is 0.330 e. The van der Waals surface area contributed by atoms with Crippen molar-refractivity contribution in [2.24, 2.45) is 10.8 Å². The summed E-state index contributed by atoms with van der Waals surface area (Å²) in [6.07, 6.45) is 5.33. The van der Waals surface area contributed by atoms with Gasteiger partial charge in [0.2, 0.25) is 0 Å². The molecule has 0 saturated carbocycles. The van der Waals surface area contributed by atoms with E-state index in [1.807, 2.05) is 0 Å². The number of carbonyl (C=O) groups excluding carboxylic acids is 5. The highest BCUT2D eigenvalue weighted by Crippen LogP contribution is 2.25. The summed E-state index contributed by atoms with van der Waals surface area (Å²) in [6, 6.07) is 0. The monoisotopic (exact) mass is 596 g/mol. The molecule has 0 unspecified atom stereocenters. The van der Waals surface area contributed by atoms with Crippen LogP contribution >= 0.6 is 0 Å². The highest BCUT2D eigenvalue weighted by Gasteiger charge is 2.39. The molecule has 14 nitrogen and oxygen atoms in total. The van der Waals surface area contributed by atoms with Crippen LogP contribution in [0.1, 0.15) is 0 Å². The van der Waals surface area contributed by atoms with E-state index in [9.17, 15) is 33.9 Å². The van der Waals surface area contributed by atoms with Gasteiger partial charge in [-0.05, 0) is 0 Å². The van der Waals surface area contributed by atoms with E-state index < -0.39 is 86.3 Å². The molecule has 232 valence electrons. The minimum atomic E-state index is -1.44. The molecule has 0 aromatic rings. The predicted octanol–water partition coefficient (Wildman–Crippen LogP) is 0.871. The third-order valence-electron chi connectivity index (χ3n) is 4.76. The summed E-state index contributed by atoms with van der Waals surface area (Å²) in [5.41, 5.74) is -2.87. The van der Waals surface area contributed by atoms with Crippen LogP contribution in [0.3, 0.4) is 0 Å². The number of rotatable bonds is 21. The number of esters is 5. The zero-order valence-electron chi connectivity index (χ0n) is 23.2. The van der Waals surface area contributed by atoms with Gasteiger partial charge in [0, 0.05) is 36.5 Å². The van der Waals surface area contributed by atoms with Gasteiger partial charge in [0.15, 0.2) is 0 Å². The summed E-state index contributed by atoms with van der Waals surface area (Å²) in [4.78, 5) is 67.5. The van der Waals surface area contributed by atoms with Gasteiger partial charge >= 0.3 is 35.8 Å². The molecule has 0 saturated heterocycles. The van der Waals surface area contributed by atoms with Crippen molar-refractivity contribution in [3.8, 4) is 0 Å². The zero-order valence-corrected chi connectivity index (χ0v) is 23.2. The molecule has 0 aliphatic carbocycles. The molecule has 0 heterocycles. The van der Waals surface area contributed by atoms with E-state index in [4.69, 9.17) is 33.5 Å². The smallest absolute Gasteiger partial charge is 0.330 e. The number of aliphatic hydroxyl groups is 1. The quantitative estimate of drug-likeness (QED) is 0.107. The van der Waals surface area contributed by atoms with Crippen molar-refractivity contribution in [1.29, 1.82) is 0 Å². The first-order valence-corrected chi connectivity index (χ1v) is 11.8. The topological polar surface area (TPSA) is 198 Å². The maximum absolute atomic E-state index is 11.7. The Morgan fingerprint density at radius 3 is 0.929 bits per heavy atom. The average Bonchev–Trinajstić information content (AvgIpc) is 3.01. The molecule has 0 fully saturated rings. The van der Waals surface area contributed by atoms with Crippen LogP contribution in [0.2, 0.25) is 0 Å². The molecule has 0 aliphatic rings. The number of aliphatic hydroxyl groups excluding tert-OH is 1. The second-order valence-corrected chi connectivity index (χ2v) is 8.25. The second-order valence-electron chi connectivity index (χ2n) is 8.25. The van der Waals surface area contributed by atoms with Crippen molar-refractivity contribution in [2.75, 3.05) is 52.9 Å². The first-order chi connectivity index (χ1) is 19.8. The lowest BCUT2D eigenvalue weighted by Gasteiger charge is -2.34. The first kappa shape index (κ1) is 39.3. The second kappa shape index (κ2) is 21.9. The van der Waals surface area contributed by atoms with Crippen molar-refractivity contribution in [3.63, 3.8) is 0 Å². The summed E-state index contributed by atoms with van der Waals surface area (Å²) in [5, 5.41) is 17.6. The van der Waals surface area contributed by atoms with E-state index in [2.05, 4.69) is 39.5 Å². The summed E-state index contributed by atoms with van der Waals surface area (Å²) in [6.45, 7) is 15.8. The van der Waals surface area contributed by atoms with Gasteiger partial charge in [-0.2, -0.15) is 0 Å². The van der Waals surface area contributed by atoms with Gasteiger partial charge in [0.05, 0.1) is 30.7 Å². The number of aliphatic carboxylic acids is 1. The number of carboxylic acid groups (broad SMARTS) is 1. The van der Waals surface area contributed by atoms with E-state index in [0.717, 1.165) is 36.5 Å². The molecule has 0 spiro atoms. The number of carboxylic acids is 1. The molecule has 0 aromatic carbocycles. The molecule has 42 heavy (non-hydrogen) atoms. The van der Waals surface area contributed by atoms with Crippen molar-refractivity contribution in [1.82, 2.24) is 0 Å². The molecule has 0 atom stereocenters. The van der Waals surface area contributed by atoms with Crippen LogP contribution in [0, 0.1) is 10.8 Å². The van der Waals surface area contributed by atoms with Crippen molar-refractivity contribution >= 4 is 35.8 Å². The lowest BCUT2D eigenvalue weighted by molar-refractivity contribution is -0.167. The zero-order chi connectivity index (χ0) is 32.6. The third-order valence-corrected chi connectivity index (χ3v) is 4.76. The largest absolute Gasteiger partial charge is 0.478 e.